The molecule has 1 spiro atoms. The van der Waals surface area contributed by atoms with Gasteiger partial charge in [-0.05, 0) is 18.8 Å². The molecule has 15 heavy (non-hydrogen) atoms. The number of rotatable bonds is 0. The van der Waals surface area contributed by atoms with Crippen LogP contribution in [0.5, 0.6) is 0 Å². The third kappa shape index (κ3) is 1.16. The van der Waals surface area contributed by atoms with E-state index in [1.54, 1.807) is 0 Å². The van der Waals surface area contributed by atoms with E-state index in [1.165, 1.54) is 0 Å². The van der Waals surface area contributed by atoms with Crippen LogP contribution in [-0.2, 0) is 9.47 Å². The second kappa shape index (κ2) is 2.24. The van der Waals surface area contributed by atoms with E-state index in [0.717, 1.165) is 6.42 Å². The fraction of sp³-hybridized carbons (Fsp3) is 0.900. The predicted octanol–water partition coefficient (Wildman–Crippen LogP) is 2.26. The van der Waals surface area contributed by atoms with Crippen molar-refractivity contribution in [1.82, 2.24) is 0 Å². The quantitative estimate of drug-likeness (QED) is 0.576. The Bertz CT molecular complexity index is 376. The average molecular weight is 210 g/mol. The van der Waals surface area contributed by atoms with Gasteiger partial charge in [0.2, 0.25) is 0 Å². The molecule has 1 aliphatic carbocycles. The highest BCUT2D eigenvalue weighted by Gasteiger charge is 2.72. The van der Waals surface area contributed by atoms with Gasteiger partial charge in [-0.15, -0.1) is 5.11 Å². The Morgan fingerprint density at radius 1 is 1.33 bits per heavy atom. The summed E-state index contributed by atoms with van der Waals surface area (Å²) in [5, 5.41) is 7.47. The first-order chi connectivity index (χ1) is 6.85. The van der Waals surface area contributed by atoms with Crippen molar-refractivity contribution >= 4 is 6.09 Å². The Morgan fingerprint density at radius 3 is 2.67 bits per heavy atom. The number of carbonyl (C=O) groups excluding carboxylic acids is 1. The second-order valence-corrected chi connectivity index (χ2v) is 5.74. The van der Waals surface area contributed by atoms with Crippen LogP contribution in [-0.4, -0.2) is 23.5 Å². The van der Waals surface area contributed by atoms with Crippen molar-refractivity contribution in [1.29, 1.82) is 0 Å². The third-order valence-corrected chi connectivity index (χ3v) is 3.42. The minimum Gasteiger partial charge on any atom is -0.413 e. The molecule has 0 aromatic heterocycles. The third-order valence-electron chi connectivity index (χ3n) is 3.42. The summed E-state index contributed by atoms with van der Waals surface area (Å²) >= 11 is 0. The Labute approximate surface area is 87.8 Å². The number of carbonyl (C=O) groups is 1. The molecule has 3 aliphatic rings. The number of ether oxygens (including phenoxy) is 2. The van der Waals surface area contributed by atoms with Gasteiger partial charge >= 0.3 is 6.09 Å². The second-order valence-electron chi connectivity index (χ2n) is 5.74. The van der Waals surface area contributed by atoms with E-state index < -0.39 is 11.8 Å². The molecule has 0 radical (unpaired) electrons. The zero-order chi connectivity index (χ0) is 10.9. The fourth-order valence-corrected chi connectivity index (χ4v) is 3.22. The molecule has 2 aliphatic heterocycles. The summed E-state index contributed by atoms with van der Waals surface area (Å²) in [5.74, 6) is 0. The summed E-state index contributed by atoms with van der Waals surface area (Å²) in [6.45, 7) is 6.32. The first-order valence-electron chi connectivity index (χ1n) is 5.19. The summed E-state index contributed by atoms with van der Waals surface area (Å²) in [7, 11) is 0. The zero-order valence-electron chi connectivity index (χ0n) is 9.11. The van der Waals surface area contributed by atoms with Gasteiger partial charge in [-0.1, -0.05) is 19.0 Å². The summed E-state index contributed by atoms with van der Waals surface area (Å²) in [6.07, 6.45) is 0.966. The molecule has 1 saturated carbocycles. The normalized spacial score (nSPS) is 50.3. The van der Waals surface area contributed by atoms with Crippen LogP contribution in [0.1, 0.15) is 33.6 Å². The molecule has 0 N–H and O–H groups in total. The molecular formula is C10H14N2O3. The molecule has 1 saturated heterocycles. The van der Waals surface area contributed by atoms with Gasteiger partial charge in [-0.2, -0.15) is 0 Å². The van der Waals surface area contributed by atoms with Crippen molar-refractivity contribution in [3.05, 3.63) is 0 Å². The number of hydrogen-bond acceptors (Lipinski definition) is 4. The molecule has 0 aromatic carbocycles. The highest BCUT2D eigenvalue weighted by molar-refractivity contribution is 5.70. The smallest absolute Gasteiger partial charge is 0.413 e. The SMILES string of the molecule is CC1(C)CC2(C)OC2C2(C1)N=NC(=O)O2. The molecule has 1 amide bonds. The number of nitrogens with zero attached hydrogens (tertiary/aromatic N) is 2. The Hall–Kier alpha value is -0.970. The Balaban J connectivity index is 1.97. The van der Waals surface area contributed by atoms with Gasteiger partial charge in [0.05, 0.1) is 5.60 Å². The van der Waals surface area contributed by atoms with Gasteiger partial charge in [0.1, 0.15) is 6.10 Å². The first-order valence-corrected chi connectivity index (χ1v) is 5.19. The zero-order valence-corrected chi connectivity index (χ0v) is 9.11. The van der Waals surface area contributed by atoms with Crippen molar-refractivity contribution < 1.29 is 14.3 Å². The Morgan fingerprint density at radius 2 is 2.07 bits per heavy atom. The van der Waals surface area contributed by atoms with Crippen LogP contribution in [0.25, 0.3) is 0 Å². The van der Waals surface area contributed by atoms with Gasteiger partial charge in [0.25, 0.3) is 5.72 Å². The number of amides is 1. The van der Waals surface area contributed by atoms with Crippen LogP contribution in [0.2, 0.25) is 0 Å². The lowest BCUT2D eigenvalue weighted by atomic mass is 9.69. The Kier molecular flexibility index (Phi) is 1.38. The lowest BCUT2D eigenvalue weighted by molar-refractivity contribution is -0.0244. The molecule has 0 bridgehead atoms. The maximum Gasteiger partial charge on any atom is 0.454 e. The molecule has 2 heterocycles. The molecule has 3 unspecified atom stereocenters. The van der Waals surface area contributed by atoms with E-state index in [2.05, 4.69) is 24.1 Å². The molecule has 5 heteroatoms. The summed E-state index contributed by atoms with van der Waals surface area (Å²) < 4.78 is 10.9. The van der Waals surface area contributed by atoms with E-state index in [-0.39, 0.29) is 17.1 Å². The fourth-order valence-electron chi connectivity index (χ4n) is 3.22. The van der Waals surface area contributed by atoms with Crippen molar-refractivity contribution in [2.45, 2.75) is 51.0 Å². The van der Waals surface area contributed by atoms with Crippen LogP contribution in [0, 0.1) is 5.41 Å². The van der Waals surface area contributed by atoms with Crippen LogP contribution in [0.15, 0.2) is 10.2 Å². The van der Waals surface area contributed by atoms with E-state index in [4.69, 9.17) is 9.47 Å². The van der Waals surface area contributed by atoms with E-state index >= 15 is 0 Å². The summed E-state index contributed by atoms with van der Waals surface area (Å²) in [5.41, 5.74) is -0.968. The van der Waals surface area contributed by atoms with Gasteiger partial charge in [0.15, 0.2) is 0 Å². The lowest BCUT2D eigenvalue weighted by Gasteiger charge is -2.38. The predicted molar refractivity (Wildman–Crippen MR) is 50.4 cm³/mol. The van der Waals surface area contributed by atoms with Gasteiger partial charge in [-0.25, -0.2) is 4.79 Å². The molecule has 5 nitrogen and oxygen atoms in total. The van der Waals surface area contributed by atoms with E-state index in [0.29, 0.717) is 6.42 Å². The lowest BCUT2D eigenvalue weighted by Crippen LogP contribution is -2.47. The molecular weight excluding hydrogens is 196 g/mol. The van der Waals surface area contributed by atoms with Crippen molar-refractivity contribution in [2.24, 2.45) is 15.6 Å². The highest BCUT2D eigenvalue weighted by atomic mass is 16.7. The monoisotopic (exact) mass is 210 g/mol. The molecule has 3 rings (SSSR count). The van der Waals surface area contributed by atoms with E-state index in [1.807, 2.05) is 6.92 Å². The van der Waals surface area contributed by atoms with Gasteiger partial charge in [-0.3, -0.25) is 0 Å². The average Bonchev–Trinajstić information content (AvgIpc) is 2.58. The number of azo groups is 1. The van der Waals surface area contributed by atoms with Gasteiger partial charge < -0.3 is 9.47 Å². The topological polar surface area (TPSA) is 63.5 Å². The van der Waals surface area contributed by atoms with E-state index in [9.17, 15) is 4.79 Å². The summed E-state index contributed by atoms with van der Waals surface area (Å²) in [6, 6.07) is 0. The molecule has 0 aromatic rings. The molecule has 82 valence electrons. The van der Waals surface area contributed by atoms with Crippen LogP contribution < -0.4 is 0 Å². The maximum atomic E-state index is 11.1. The molecule has 3 atom stereocenters. The standard InChI is InChI=1S/C10H14N2O3/c1-8(2)4-9(3)6(14-9)10(5-8)12-11-7(13)15-10/h6H,4-5H2,1-3H3. The number of fused-ring (bicyclic) bond motifs is 2. The van der Waals surface area contributed by atoms with Crippen LogP contribution in [0.3, 0.4) is 0 Å². The maximum absolute atomic E-state index is 11.1. The van der Waals surface area contributed by atoms with Crippen molar-refractivity contribution in [2.75, 3.05) is 0 Å². The van der Waals surface area contributed by atoms with Crippen molar-refractivity contribution in [3.63, 3.8) is 0 Å². The highest BCUT2D eigenvalue weighted by Crippen LogP contribution is 2.60. The van der Waals surface area contributed by atoms with Gasteiger partial charge in [0, 0.05) is 6.42 Å². The number of hydrogen-bond donors (Lipinski definition) is 0. The largest absolute Gasteiger partial charge is 0.454 e. The van der Waals surface area contributed by atoms with Crippen LogP contribution >= 0.6 is 0 Å². The summed E-state index contributed by atoms with van der Waals surface area (Å²) in [4.78, 5) is 11.1. The first kappa shape index (κ1) is 9.27. The molecule has 2 fully saturated rings. The minimum atomic E-state index is -0.840. The van der Waals surface area contributed by atoms with Crippen LogP contribution in [0.4, 0.5) is 4.79 Å². The van der Waals surface area contributed by atoms with Crippen molar-refractivity contribution in [3.8, 4) is 0 Å². The number of epoxide rings is 1. The minimum absolute atomic E-state index is 0.0609.